The minimum atomic E-state index is 0.00157. The average molecular weight is 335 g/mol. The lowest BCUT2D eigenvalue weighted by Crippen LogP contribution is -2.23. The number of pyridine rings is 1. The summed E-state index contributed by atoms with van der Waals surface area (Å²) in [5.41, 5.74) is 8.08. The van der Waals surface area contributed by atoms with Gasteiger partial charge in [-0.3, -0.25) is 4.98 Å². The molecule has 6 heteroatoms. The third-order valence-electron chi connectivity index (χ3n) is 2.86. The van der Waals surface area contributed by atoms with Crippen molar-refractivity contribution in [2.24, 2.45) is 10.9 Å². The van der Waals surface area contributed by atoms with E-state index in [1.54, 1.807) is 6.20 Å². The zero-order chi connectivity index (χ0) is 14.5. The molecule has 0 bridgehead atoms. The molecule has 0 aliphatic carbocycles. The van der Waals surface area contributed by atoms with Crippen molar-refractivity contribution >= 4 is 27.5 Å². The van der Waals surface area contributed by atoms with Crippen molar-refractivity contribution in [1.29, 1.82) is 0 Å². The van der Waals surface area contributed by atoms with Gasteiger partial charge in [-0.15, -0.1) is 0 Å². The van der Waals surface area contributed by atoms with Crippen molar-refractivity contribution in [1.82, 2.24) is 4.98 Å². The molecule has 2 rings (SSSR count). The summed E-state index contributed by atoms with van der Waals surface area (Å²) in [7, 11) is 1.94. The monoisotopic (exact) mass is 334 g/mol. The normalized spacial score (nSPS) is 11.4. The van der Waals surface area contributed by atoms with Crippen molar-refractivity contribution in [2.45, 2.75) is 6.54 Å². The first-order valence-electron chi connectivity index (χ1n) is 6.00. The molecule has 0 radical (unpaired) electrons. The largest absolute Gasteiger partial charge is 0.409 e. The maximum Gasteiger partial charge on any atom is 0.190 e. The van der Waals surface area contributed by atoms with E-state index in [2.05, 4.69) is 32.1 Å². The minimum absolute atomic E-state index is 0.00157. The van der Waals surface area contributed by atoms with Crippen molar-refractivity contribution < 1.29 is 5.21 Å². The number of benzene rings is 1. The summed E-state index contributed by atoms with van der Waals surface area (Å²) in [6.07, 6.45) is 1.61. The van der Waals surface area contributed by atoms with Gasteiger partial charge in [0.1, 0.15) is 5.69 Å². The molecule has 0 amide bonds. The molecule has 5 nitrogen and oxygen atoms in total. The molecule has 0 fully saturated rings. The molecule has 0 saturated heterocycles. The smallest absolute Gasteiger partial charge is 0.190 e. The van der Waals surface area contributed by atoms with Crippen LogP contribution >= 0.6 is 15.9 Å². The van der Waals surface area contributed by atoms with Crippen LogP contribution in [0.25, 0.3) is 0 Å². The molecule has 0 aliphatic rings. The number of rotatable bonds is 4. The van der Waals surface area contributed by atoms with E-state index >= 15 is 0 Å². The summed E-state index contributed by atoms with van der Waals surface area (Å²) < 4.78 is 1.03. The molecule has 1 heterocycles. The van der Waals surface area contributed by atoms with Crippen LogP contribution < -0.4 is 10.6 Å². The first kappa shape index (κ1) is 14.3. The molecule has 0 aliphatic heterocycles. The maximum atomic E-state index is 8.82. The average Bonchev–Trinajstić information content (AvgIpc) is 2.46. The van der Waals surface area contributed by atoms with Crippen LogP contribution in [0.2, 0.25) is 0 Å². The Hall–Kier alpha value is -2.08. The lowest BCUT2D eigenvalue weighted by atomic mass is 10.2. The predicted molar refractivity (Wildman–Crippen MR) is 83.0 cm³/mol. The van der Waals surface area contributed by atoms with E-state index in [0.717, 1.165) is 15.7 Å². The van der Waals surface area contributed by atoms with Crippen LogP contribution in [0.5, 0.6) is 0 Å². The van der Waals surface area contributed by atoms with Gasteiger partial charge < -0.3 is 15.8 Å². The Bertz CT molecular complexity index is 630. The fraction of sp³-hybridized carbons (Fsp3) is 0.143. The number of nitrogens with zero attached hydrogens (tertiary/aromatic N) is 3. The van der Waals surface area contributed by atoms with E-state index in [4.69, 9.17) is 10.9 Å². The molecule has 0 saturated carbocycles. The Morgan fingerprint density at radius 2 is 2.20 bits per heavy atom. The summed E-state index contributed by atoms with van der Waals surface area (Å²) in [5.74, 6) is 0.00157. The molecule has 104 valence electrons. The Labute approximate surface area is 125 Å². The summed E-state index contributed by atoms with van der Waals surface area (Å²) >= 11 is 3.45. The Balaban J connectivity index is 2.28. The molecule has 0 unspecified atom stereocenters. The molecule has 1 aromatic carbocycles. The van der Waals surface area contributed by atoms with E-state index in [1.807, 2.05) is 42.3 Å². The number of oxime groups is 1. The van der Waals surface area contributed by atoms with Crippen LogP contribution in [0, 0.1) is 0 Å². The highest BCUT2D eigenvalue weighted by Crippen LogP contribution is 2.20. The Morgan fingerprint density at radius 1 is 1.40 bits per heavy atom. The van der Waals surface area contributed by atoms with Gasteiger partial charge in [-0.05, 0) is 29.8 Å². The highest BCUT2D eigenvalue weighted by atomic mass is 79.9. The number of nitrogens with two attached hydrogens (primary N) is 1. The van der Waals surface area contributed by atoms with Gasteiger partial charge in [-0.2, -0.15) is 0 Å². The van der Waals surface area contributed by atoms with E-state index in [1.165, 1.54) is 0 Å². The number of aromatic nitrogens is 1. The molecule has 20 heavy (non-hydrogen) atoms. The minimum Gasteiger partial charge on any atom is -0.409 e. The van der Waals surface area contributed by atoms with Crippen LogP contribution in [-0.2, 0) is 6.54 Å². The zero-order valence-corrected chi connectivity index (χ0v) is 12.6. The van der Waals surface area contributed by atoms with Gasteiger partial charge >= 0.3 is 0 Å². The molecular weight excluding hydrogens is 320 g/mol. The first-order valence-corrected chi connectivity index (χ1v) is 6.79. The van der Waals surface area contributed by atoms with E-state index in [9.17, 15) is 0 Å². The van der Waals surface area contributed by atoms with Crippen LogP contribution in [0.1, 0.15) is 11.3 Å². The summed E-state index contributed by atoms with van der Waals surface area (Å²) in [6, 6.07) is 11.8. The second-order valence-electron chi connectivity index (χ2n) is 4.34. The fourth-order valence-corrected chi connectivity index (χ4v) is 2.39. The Kier molecular flexibility index (Phi) is 4.57. The summed E-state index contributed by atoms with van der Waals surface area (Å²) in [4.78, 5) is 6.17. The number of hydrogen-bond donors (Lipinski definition) is 2. The van der Waals surface area contributed by atoms with Crippen molar-refractivity contribution in [2.75, 3.05) is 11.9 Å². The molecule has 2 aromatic rings. The maximum absolute atomic E-state index is 8.82. The molecule has 0 atom stereocenters. The van der Waals surface area contributed by atoms with Gasteiger partial charge in [-0.1, -0.05) is 33.2 Å². The lowest BCUT2D eigenvalue weighted by molar-refractivity contribution is 0.318. The molecule has 1 aromatic heterocycles. The van der Waals surface area contributed by atoms with Crippen LogP contribution in [0.3, 0.4) is 0 Å². The molecular formula is C14H15BrN4O. The van der Waals surface area contributed by atoms with Crippen LogP contribution in [0.15, 0.2) is 52.2 Å². The fourth-order valence-electron chi connectivity index (χ4n) is 1.94. The highest BCUT2D eigenvalue weighted by molar-refractivity contribution is 9.10. The van der Waals surface area contributed by atoms with Crippen molar-refractivity contribution in [3.63, 3.8) is 0 Å². The van der Waals surface area contributed by atoms with Gasteiger partial charge in [0.05, 0.1) is 5.69 Å². The molecule has 0 spiro atoms. The van der Waals surface area contributed by atoms with Gasteiger partial charge in [0.15, 0.2) is 5.84 Å². The van der Waals surface area contributed by atoms with E-state index in [0.29, 0.717) is 12.2 Å². The quantitative estimate of drug-likeness (QED) is 0.390. The topological polar surface area (TPSA) is 74.7 Å². The lowest BCUT2D eigenvalue weighted by Gasteiger charge is -2.21. The number of amidine groups is 1. The van der Waals surface area contributed by atoms with Gasteiger partial charge in [0, 0.05) is 24.3 Å². The van der Waals surface area contributed by atoms with Gasteiger partial charge in [0.25, 0.3) is 0 Å². The van der Waals surface area contributed by atoms with Crippen molar-refractivity contribution in [3.05, 3.63) is 58.3 Å². The molecule has 3 N–H and O–H groups in total. The standard InChI is InChI=1S/C14H15BrN4O/c1-19(9-10-4-2-5-11(15)8-10)12-6-3-7-17-13(12)14(16)18-20/h2-8,20H,9H2,1H3,(H2,16,18). The predicted octanol–water partition coefficient (Wildman–Crippen LogP) is 2.58. The van der Waals surface area contributed by atoms with Crippen LogP contribution in [-0.4, -0.2) is 23.1 Å². The SMILES string of the molecule is CN(Cc1cccc(Br)c1)c1cccnc1/C(N)=N/O. The van der Waals surface area contributed by atoms with Crippen LogP contribution in [0.4, 0.5) is 5.69 Å². The van der Waals surface area contributed by atoms with E-state index in [-0.39, 0.29) is 5.84 Å². The summed E-state index contributed by atoms with van der Waals surface area (Å²) in [6.45, 7) is 0.691. The number of anilines is 1. The first-order chi connectivity index (χ1) is 9.61. The van der Waals surface area contributed by atoms with Gasteiger partial charge in [0.2, 0.25) is 0 Å². The zero-order valence-electron chi connectivity index (χ0n) is 11.0. The second kappa shape index (κ2) is 6.38. The number of hydrogen-bond acceptors (Lipinski definition) is 4. The third-order valence-corrected chi connectivity index (χ3v) is 3.35. The van der Waals surface area contributed by atoms with E-state index < -0.39 is 0 Å². The third kappa shape index (κ3) is 3.27. The highest BCUT2D eigenvalue weighted by Gasteiger charge is 2.12. The van der Waals surface area contributed by atoms with Gasteiger partial charge in [-0.25, -0.2) is 0 Å². The summed E-state index contributed by atoms with van der Waals surface area (Å²) in [5, 5.41) is 11.8. The Morgan fingerprint density at radius 3 is 2.90 bits per heavy atom. The van der Waals surface area contributed by atoms with Crippen molar-refractivity contribution in [3.8, 4) is 0 Å². The number of halogens is 1. The second-order valence-corrected chi connectivity index (χ2v) is 5.26.